The monoisotopic (exact) mass is 298 g/mol. The molecule has 5 heteroatoms. The fourth-order valence-corrected chi connectivity index (χ4v) is 3.33. The minimum atomic E-state index is -3.63. The van der Waals surface area contributed by atoms with E-state index in [1.807, 2.05) is 19.1 Å². The van der Waals surface area contributed by atoms with Crippen molar-refractivity contribution in [2.45, 2.75) is 16.8 Å². The lowest BCUT2D eigenvalue weighted by Gasteiger charge is -2.07. The molecule has 0 fully saturated rings. The Hall–Kier alpha value is -2.40. The van der Waals surface area contributed by atoms with E-state index >= 15 is 0 Å². The average molecular weight is 298 g/mol. The number of nitrogen functional groups attached to an aromatic ring is 1. The van der Waals surface area contributed by atoms with Crippen molar-refractivity contribution >= 4 is 26.4 Å². The van der Waals surface area contributed by atoms with E-state index in [1.54, 1.807) is 36.4 Å². The summed E-state index contributed by atoms with van der Waals surface area (Å²) < 4.78 is 25.2. The Morgan fingerprint density at radius 1 is 0.952 bits per heavy atom. The molecule has 0 saturated heterocycles. The van der Waals surface area contributed by atoms with Crippen molar-refractivity contribution in [2.24, 2.45) is 0 Å². The van der Waals surface area contributed by atoms with Gasteiger partial charge in [-0.3, -0.25) is 0 Å². The molecule has 3 aromatic rings. The zero-order valence-corrected chi connectivity index (χ0v) is 12.3. The summed E-state index contributed by atoms with van der Waals surface area (Å²) in [6.45, 7) is 1.91. The standard InChI is InChI=1S/C16H14N2O2S/c1-11-5-8-13(9-6-11)21(19,20)15-10-7-12-3-2-4-14(17)16(12)18-15/h2-10H,17H2,1H3. The van der Waals surface area contributed by atoms with E-state index < -0.39 is 9.84 Å². The maximum Gasteiger partial charge on any atom is 0.223 e. The first-order valence-corrected chi connectivity index (χ1v) is 7.94. The molecule has 0 amide bonds. The van der Waals surface area contributed by atoms with E-state index in [0.717, 1.165) is 10.9 Å². The molecule has 2 aromatic carbocycles. The number of hydrogen-bond acceptors (Lipinski definition) is 4. The molecule has 0 unspecified atom stereocenters. The van der Waals surface area contributed by atoms with Crippen molar-refractivity contribution in [3.05, 3.63) is 60.2 Å². The summed E-state index contributed by atoms with van der Waals surface area (Å²) in [5, 5.41) is 0.828. The number of anilines is 1. The van der Waals surface area contributed by atoms with Crippen LogP contribution in [0.2, 0.25) is 0 Å². The Labute approximate surface area is 123 Å². The van der Waals surface area contributed by atoms with E-state index in [4.69, 9.17) is 5.73 Å². The minimum Gasteiger partial charge on any atom is -0.397 e. The molecule has 0 bridgehead atoms. The van der Waals surface area contributed by atoms with Gasteiger partial charge in [-0.15, -0.1) is 0 Å². The molecule has 0 aliphatic heterocycles. The summed E-state index contributed by atoms with van der Waals surface area (Å²) in [6, 6.07) is 15.3. The Balaban J connectivity index is 2.19. The van der Waals surface area contributed by atoms with Gasteiger partial charge in [-0.1, -0.05) is 29.8 Å². The molecular weight excluding hydrogens is 284 g/mol. The smallest absolute Gasteiger partial charge is 0.223 e. The Kier molecular flexibility index (Phi) is 3.14. The second kappa shape index (κ2) is 4.86. The number of benzene rings is 2. The molecule has 3 rings (SSSR count). The van der Waals surface area contributed by atoms with Gasteiger partial charge in [0.25, 0.3) is 0 Å². The number of nitrogens with zero attached hydrogens (tertiary/aromatic N) is 1. The third kappa shape index (κ3) is 2.36. The molecule has 4 nitrogen and oxygen atoms in total. The van der Waals surface area contributed by atoms with Crippen LogP contribution in [-0.4, -0.2) is 13.4 Å². The van der Waals surface area contributed by atoms with Gasteiger partial charge in [0.2, 0.25) is 9.84 Å². The van der Waals surface area contributed by atoms with Gasteiger partial charge in [0.05, 0.1) is 16.1 Å². The molecule has 21 heavy (non-hydrogen) atoms. The minimum absolute atomic E-state index is 0.0109. The number of hydrogen-bond donors (Lipinski definition) is 1. The quantitative estimate of drug-likeness (QED) is 0.738. The predicted octanol–water partition coefficient (Wildman–Crippen LogP) is 2.96. The second-order valence-electron chi connectivity index (χ2n) is 4.88. The van der Waals surface area contributed by atoms with Crippen molar-refractivity contribution in [1.82, 2.24) is 4.98 Å². The molecule has 0 saturated carbocycles. The number of nitrogens with two attached hydrogens (primary N) is 1. The van der Waals surface area contributed by atoms with Crippen LogP contribution < -0.4 is 5.73 Å². The average Bonchev–Trinajstić information content (AvgIpc) is 2.48. The van der Waals surface area contributed by atoms with Crippen molar-refractivity contribution in [3.63, 3.8) is 0 Å². The highest BCUT2D eigenvalue weighted by molar-refractivity contribution is 7.91. The maximum atomic E-state index is 12.6. The first-order chi connectivity index (χ1) is 9.98. The lowest BCUT2D eigenvalue weighted by molar-refractivity contribution is 0.593. The number of aryl methyl sites for hydroxylation is 1. The topological polar surface area (TPSA) is 73.0 Å². The van der Waals surface area contributed by atoms with E-state index in [1.165, 1.54) is 6.07 Å². The lowest BCUT2D eigenvalue weighted by atomic mass is 10.2. The number of sulfone groups is 1. The molecule has 1 aromatic heterocycles. The first-order valence-electron chi connectivity index (χ1n) is 6.45. The van der Waals surface area contributed by atoms with Crippen LogP contribution in [0.4, 0.5) is 5.69 Å². The highest BCUT2D eigenvalue weighted by Gasteiger charge is 2.19. The molecule has 106 valence electrons. The van der Waals surface area contributed by atoms with Crippen LogP contribution in [0.25, 0.3) is 10.9 Å². The van der Waals surface area contributed by atoms with Gasteiger partial charge in [0.1, 0.15) is 0 Å². The van der Waals surface area contributed by atoms with Crippen molar-refractivity contribution < 1.29 is 8.42 Å². The Morgan fingerprint density at radius 3 is 2.38 bits per heavy atom. The normalized spacial score (nSPS) is 11.7. The Morgan fingerprint density at radius 2 is 1.67 bits per heavy atom. The van der Waals surface area contributed by atoms with Gasteiger partial charge in [0.15, 0.2) is 5.03 Å². The lowest BCUT2D eigenvalue weighted by Crippen LogP contribution is -2.05. The third-order valence-electron chi connectivity index (χ3n) is 3.33. The summed E-state index contributed by atoms with van der Waals surface area (Å²) >= 11 is 0. The predicted molar refractivity (Wildman–Crippen MR) is 82.8 cm³/mol. The van der Waals surface area contributed by atoms with Crippen molar-refractivity contribution in [3.8, 4) is 0 Å². The zero-order chi connectivity index (χ0) is 15.0. The van der Waals surface area contributed by atoms with Crippen LogP contribution in [-0.2, 0) is 9.84 Å². The summed E-state index contributed by atoms with van der Waals surface area (Å²) in [5.74, 6) is 0. The molecular formula is C16H14N2O2S. The largest absolute Gasteiger partial charge is 0.397 e. The molecule has 2 N–H and O–H groups in total. The molecule has 0 aliphatic rings. The van der Waals surface area contributed by atoms with Crippen molar-refractivity contribution in [1.29, 1.82) is 0 Å². The van der Waals surface area contributed by atoms with Crippen LogP contribution in [0.1, 0.15) is 5.56 Å². The summed E-state index contributed by atoms with van der Waals surface area (Å²) in [6.07, 6.45) is 0. The summed E-state index contributed by atoms with van der Waals surface area (Å²) in [7, 11) is -3.63. The van der Waals surface area contributed by atoms with E-state index in [-0.39, 0.29) is 9.92 Å². The summed E-state index contributed by atoms with van der Waals surface area (Å²) in [4.78, 5) is 4.46. The van der Waals surface area contributed by atoms with Crippen LogP contribution in [0.5, 0.6) is 0 Å². The zero-order valence-electron chi connectivity index (χ0n) is 11.4. The van der Waals surface area contributed by atoms with E-state index in [2.05, 4.69) is 4.98 Å². The number of pyridine rings is 1. The maximum absolute atomic E-state index is 12.6. The highest BCUT2D eigenvalue weighted by Crippen LogP contribution is 2.24. The van der Waals surface area contributed by atoms with Gasteiger partial charge in [0, 0.05) is 5.39 Å². The first kappa shape index (κ1) is 13.6. The van der Waals surface area contributed by atoms with Crippen LogP contribution in [0.3, 0.4) is 0 Å². The van der Waals surface area contributed by atoms with Gasteiger partial charge in [-0.05, 0) is 37.3 Å². The van der Waals surface area contributed by atoms with Gasteiger partial charge in [-0.2, -0.15) is 0 Å². The van der Waals surface area contributed by atoms with Crippen molar-refractivity contribution in [2.75, 3.05) is 5.73 Å². The third-order valence-corrected chi connectivity index (χ3v) is 5.00. The molecule has 0 aliphatic carbocycles. The number of rotatable bonds is 2. The Bertz CT molecular complexity index is 917. The number of fused-ring (bicyclic) bond motifs is 1. The fraction of sp³-hybridized carbons (Fsp3) is 0.0625. The van der Waals surface area contributed by atoms with E-state index in [0.29, 0.717) is 11.2 Å². The SMILES string of the molecule is Cc1ccc(S(=O)(=O)c2ccc3cccc(N)c3n2)cc1. The van der Waals surface area contributed by atoms with Crippen LogP contribution in [0.15, 0.2) is 64.5 Å². The van der Waals surface area contributed by atoms with Crippen LogP contribution in [0, 0.1) is 6.92 Å². The van der Waals surface area contributed by atoms with Gasteiger partial charge in [-0.25, -0.2) is 13.4 Å². The van der Waals surface area contributed by atoms with E-state index in [9.17, 15) is 8.42 Å². The summed E-state index contributed by atoms with van der Waals surface area (Å²) in [5.41, 5.74) is 7.85. The number of aromatic nitrogens is 1. The highest BCUT2D eigenvalue weighted by atomic mass is 32.2. The fourth-order valence-electron chi connectivity index (χ4n) is 2.14. The van der Waals surface area contributed by atoms with Gasteiger partial charge >= 0.3 is 0 Å². The number of para-hydroxylation sites is 1. The molecule has 1 heterocycles. The second-order valence-corrected chi connectivity index (χ2v) is 6.78. The molecule has 0 radical (unpaired) electrons. The molecule has 0 spiro atoms. The van der Waals surface area contributed by atoms with Gasteiger partial charge < -0.3 is 5.73 Å². The molecule has 0 atom stereocenters. The van der Waals surface area contributed by atoms with Crippen LogP contribution >= 0.6 is 0 Å².